The maximum atomic E-state index is 10.8. The number of carboxylic acid groups (broad SMARTS) is 1. The lowest BCUT2D eigenvalue weighted by Crippen LogP contribution is -2.06. The van der Waals surface area contributed by atoms with E-state index in [4.69, 9.17) is 5.11 Å². The molecule has 0 unspecified atom stereocenters. The van der Waals surface area contributed by atoms with Crippen LogP contribution in [0.4, 0.5) is 0 Å². The van der Waals surface area contributed by atoms with E-state index in [0.717, 1.165) is 11.3 Å². The highest BCUT2D eigenvalue weighted by atomic mass is 16.4. The number of rotatable bonds is 3. The molecule has 0 aromatic carbocycles. The third-order valence-corrected chi connectivity index (χ3v) is 2.23. The Balaban J connectivity index is 3.12. The highest BCUT2D eigenvalue weighted by molar-refractivity contribution is 5.86. The molecule has 0 radical (unpaired) electrons. The van der Waals surface area contributed by atoms with Crippen LogP contribution in [0, 0.1) is 6.92 Å². The van der Waals surface area contributed by atoms with Gasteiger partial charge in [-0.2, -0.15) is 0 Å². The molecule has 1 aromatic rings. The molecular weight excluding hydrogens is 168 g/mol. The van der Waals surface area contributed by atoms with Crippen molar-refractivity contribution >= 4 is 5.97 Å². The van der Waals surface area contributed by atoms with Crippen LogP contribution in [0.15, 0.2) is 6.07 Å². The molecule has 13 heavy (non-hydrogen) atoms. The van der Waals surface area contributed by atoms with Gasteiger partial charge < -0.3 is 15.0 Å². The summed E-state index contributed by atoms with van der Waals surface area (Å²) in [4.78, 5) is 10.8. The normalized spacial score (nSPS) is 10.4. The third-order valence-electron chi connectivity index (χ3n) is 2.23. The lowest BCUT2D eigenvalue weighted by atomic mass is 10.2. The molecule has 1 aromatic heterocycles. The van der Waals surface area contributed by atoms with Crippen LogP contribution in [-0.2, 0) is 13.6 Å². The van der Waals surface area contributed by atoms with E-state index in [1.807, 2.05) is 14.0 Å². The number of carbonyl (C=O) groups is 1. The monoisotopic (exact) mass is 182 g/mol. The van der Waals surface area contributed by atoms with E-state index in [2.05, 4.69) is 5.32 Å². The number of hydrogen-bond donors (Lipinski definition) is 2. The van der Waals surface area contributed by atoms with Crippen LogP contribution in [0.1, 0.15) is 21.7 Å². The summed E-state index contributed by atoms with van der Waals surface area (Å²) >= 11 is 0. The molecular formula is C9H14N2O2. The molecule has 0 saturated carbocycles. The zero-order chi connectivity index (χ0) is 10.0. The quantitative estimate of drug-likeness (QED) is 0.725. The summed E-state index contributed by atoms with van der Waals surface area (Å²) in [5.74, 6) is -0.882. The predicted molar refractivity (Wildman–Crippen MR) is 49.9 cm³/mol. The van der Waals surface area contributed by atoms with Crippen molar-refractivity contribution in [1.29, 1.82) is 0 Å². The molecule has 0 atom stereocenters. The number of nitrogens with one attached hydrogen (secondary N) is 1. The van der Waals surface area contributed by atoms with Gasteiger partial charge in [-0.3, -0.25) is 0 Å². The number of carboxylic acids is 1. The summed E-state index contributed by atoms with van der Waals surface area (Å²) in [6.45, 7) is 2.62. The van der Waals surface area contributed by atoms with Crippen molar-refractivity contribution in [2.24, 2.45) is 7.05 Å². The molecule has 72 valence electrons. The van der Waals surface area contributed by atoms with Crippen LogP contribution in [0.5, 0.6) is 0 Å². The first-order valence-electron chi connectivity index (χ1n) is 4.11. The van der Waals surface area contributed by atoms with E-state index in [-0.39, 0.29) is 0 Å². The van der Waals surface area contributed by atoms with Crippen LogP contribution >= 0.6 is 0 Å². The second kappa shape index (κ2) is 3.62. The van der Waals surface area contributed by atoms with Gasteiger partial charge in [-0.25, -0.2) is 4.79 Å². The lowest BCUT2D eigenvalue weighted by Gasteiger charge is -2.01. The number of aromatic carboxylic acids is 1. The Morgan fingerprint density at radius 1 is 1.69 bits per heavy atom. The van der Waals surface area contributed by atoms with E-state index >= 15 is 0 Å². The van der Waals surface area contributed by atoms with Gasteiger partial charge in [0.15, 0.2) is 0 Å². The van der Waals surface area contributed by atoms with Gasteiger partial charge in [-0.1, -0.05) is 0 Å². The molecule has 1 rings (SSSR count). The van der Waals surface area contributed by atoms with E-state index in [1.165, 1.54) is 0 Å². The van der Waals surface area contributed by atoms with Crippen molar-refractivity contribution < 1.29 is 9.90 Å². The molecule has 2 N–H and O–H groups in total. The minimum absolute atomic E-state index is 0.336. The molecule has 0 fully saturated rings. The van der Waals surface area contributed by atoms with Gasteiger partial charge in [0, 0.05) is 19.3 Å². The van der Waals surface area contributed by atoms with Crippen molar-refractivity contribution in [3.8, 4) is 0 Å². The largest absolute Gasteiger partial charge is 0.477 e. The molecule has 4 heteroatoms. The highest BCUT2D eigenvalue weighted by Gasteiger charge is 2.13. The molecule has 0 saturated heterocycles. The first kappa shape index (κ1) is 9.80. The number of nitrogens with zero attached hydrogens (tertiary/aromatic N) is 1. The Kier molecular flexibility index (Phi) is 2.72. The fourth-order valence-electron chi connectivity index (χ4n) is 1.34. The van der Waals surface area contributed by atoms with Crippen molar-refractivity contribution in [2.75, 3.05) is 7.05 Å². The van der Waals surface area contributed by atoms with Crippen LogP contribution < -0.4 is 5.32 Å². The molecule has 0 aliphatic rings. The van der Waals surface area contributed by atoms with Crippen molar-refractivity contribution in [3.05, 3.63) is 23.0 Å². The van der Waals surface area contributed by atoms with Crippen molar-refractivity contribution in [2.45, 2.75) is 13.5 Å². The molecule has 0 aliphatic heterocycles. The van der Waals surface area contributed by atoms with E-state index < -0.39 is 5.97 Å². The Labute approximate surface area is 77.2 Å². The predicted octanol–water partition coefficient (Wildman–Crippen LogP) is 0.751. The SMILES string of the molecule is CNCc1cc(C(=O)O)n(C)c1C. The van der Waals surface area contributed by atoms with E-state index in [1.54, 1.807) is 17.7 Å². The van der Waals surface area contributed by atoms with Gasteiger partial charge in [-0.05, 0) is 25.6 Å². The average Bonchev–Trinajstić information content (AvgIpc) is 2.33. The molecule has 0 spiro atoms. The second-order valence-corrected chi connectivity index (χ2v) is 3.03. The number of aromatic nitrogens is 1. The zero-order valence-electron chi connectivity index (χ0n) is 8.09. The van der Waals surface area contributed by atoms with Gasteiger partial charge in [0.05, 0.1) is 0 Å². The Hall–Kier alpha value is -1.29. The molecule has 0 aliphatic carbocycles. The highest BCUT2D eigenvalue weighted by Crippen LogP contribution is 2.13. The van der Waals surface area contributed by atoms with Gasteiger partial charge in [0.2, 0.25) is 0 Å². The Morgan fingerprint density at radius 3 is 2.69 bits per heavy atom. The summed E-state index contributed by atoms with van der Waals surface area (Å²) < 4.78 is 1.69. The molecule has 0 amide bonds. The van der Waals surface area contributed by atoms with E-state index in [9.17, 15) is 4.79 Å². The fourth-order valence-corrected chi connectivity index (χ4v) is 1.34. The van der Waals surface area contributed by atoms with Crippen LogP contribution in [0.2, 0.25) is 0 Å². The zero-order valence-corrected chi connectivity index (χ0v) is 8.09. The van der Waals surface area contributed by atoms with Crippen LogP contribution in [-0.4, -0.2) is 22.7 Å². The van der Waals surface area contributed by atoms with Gasteiger partial charge in [-0.15, -0.1) is 0 Å². The van der Waals surface area contributed by atoms with Crippen LogP contribution in [0.25, 0.3) is 0 Å². The molecule has 4 nitrogen and oxygen atoms in total. The summed E-state index contributed by atoms with van der Waals surface area (Å²) in [7, 11) is 3.60. The van der Waals surface area contributed by atoms with Gasteiger partial charge in [0.1, 0.15) is 5.69 Å². The second-order valence-electron chi connectivity index (χ2n) is 3.03. The maximum Gasteiger partial charge on any atom is 0.352 e. The Morgan fingerprint density at radius 2 is 2.31 bits per heavy atom. The fraction of sp³-hybridized carbons (Fsp3) is 0.444. The minimum atomic E-state index is -0.882. The Bertz CT molecular complexity index is 329. The lowest BCUT2D eigenvalue weighted by molar-refractivity contribution is 0.0686. The topological polar surface area (TPSA) is 54.3 Å². The van der Waals surface area contributed by atoms with E-state index in [0.29, 0.717) is 12.2 Å². The number of hydrogen-bond acceptors (Lipinski definition) is 2. The minimum Gasteiger partial charge on any atom is -0.477 e. The van der Waals surface area contributed by atoms with Crippen LogP contribution in [0.3, 0.4) is 0 Å². The van der Waals surface area contributed by atoms with Crippen molar-refractivity contribution in [3.63, 3.8) is 0 Å². The molecule has 1 heterocycles. The van der Waals surface area contributed by atoms with Gasteiger partial charge in [0.25, 0.3) is 0 Å². The summed E-state index contributed by atoms with van der Waals surface area (Å²) in [6.07, 6.45) is 0. The standard InChI is InChI=1S/C9H14N2O2/c1-6-7(5-10-2)4-8(9(12)13)11(6)3/h4,10H,5H2,1-3H3,(H,12,13). The summed E-state index contributed by atoms with van der Waals surface area (Å²) in [6, 6.07) is 1.70. The van der Waals surface area contributed by atoms with Crippen molar-refractivity contribution in [1.82, 2.24) is 9.88 Å². The third kappa shape index (κ3) is 1.72. The first-order valence-corrected chi connectivity index (χ1v) is 4.11. The summed E-state index contributed by atoms with van der Waals surface area (Å²) in [5, 5.41) is 11.8. The molecule has 0 bridgehead atoms. The smallest absolute Gasteiger partial charge is 0.352 e. The summed E-state index contributed by atoms with van der Waals surface area (Å²) in [5.41, 5.74) is 2.36. The average molecular weight is 182 g/mol. The van der Waals surface area contributed by atoms with Gasteiger partial charge >= 0.3 is 5.97 Å². The first-order chi connectivity index (χ1) is 6.07. The maximum absolute atomic E-state index is 10.8.